The van der Waals surface area contributed by atoms with Crippen LogP contribution in [0.25, 0.3) is 11.2 Å². The highest BCUT2D eigenvalue weighted by atomic mass is 16.6. The maximum absolute atomic E-state index is 11.8. The number of morpholine rings is 1. The minimum atomic E-state index is -0.121. The number of hydrogen-bond donors (Lipinski definition) is 1. The van der Waals surface area contributed by atoms with Crippen LogP contribution in [0.2, 0.25) is 0 Å². The Morgan fingerprint density at radius 1 is 1.35 bits per heavy atom. The van der Waals surface area contributed by atoms with Crippen LogP contribution in [0.15, 0.2) is 11.0 Å². The first-order chi connectivity index (χ1) is 9.84. The molecule has 10 heteroatoms. The summed E-state index contributed by atoms with van der Waals surface area (Å²) in [5.41, 5.74) is 3.20. The van der Waals surface area contributed by atoms with Crippen LogP contribution < -0.4 is 5.48 Å². The Hall–Kier alpha value is -2.33. The second kappa shape index (κ2) is 5.75. The molecule has 1 aliphatic heterocycles. The van der Waals surface area contributed by atoms with Gasteiger partial charge >= 0.3 is 0 Å². The molecule has 1 aliphatic rings. The first-order valence-electron chi connectivity index (χ1n) is 6.01. The lowest BCUT2D eigenvalue weighted by molar-refractivity contribution is -0.139. The average Bonchev–Trinajstić information content (AvgIpc) is 2.97. The maximum atomic E-state index is 11.8. The molecule has 1 amide bonds. The van der Waals surface area contributed by atoms with Crippen LogP contribution in [0, 0.1) is 0 Å². The Kier molecular flexibility index (Phi) is 3.65. The molecule has 0 spiro atoms. The lowest BCUT2D eigenvalue weighted by Gasteiger charge is -2.26. The zero-order valence-corrected chi connectivity index (χ0v) is 10.5. The summed E-state index contributed by atoms with van der Waals surface area (Å²) in [5, 5.41) is 7.21. The van der Waals surface area contributed by atoms with Crippen molar-refractivity contribution in [1.82, 2.24) is 25.2 Å². The van der Waals surface area contributed by atoms with Crippen molar-refractivity contribution in [3.8, 4) is 0 Å². The van der Waals surface area contributed by atoms with E-state index in [1.165, 1.54) is 6.33 Å². The van der Waals surface area contributed by atoms with Gasteiger partial charge in [0.05, 0.1) is 13.2 Å². The molecule has 0 saturated carbocycles. The molecule has 0 unspecified atom stereocenters. The minimum Gasteiger partial charge on any atom is -0.378 e. The lowest BCUT2D eigenvalue weighted by atomic mass is 10.4. The topological polar surface area (TPSA) is 116 Å². The van der Waals surface area contributed by atoms with E-state index < -0.39 is 0 Å². The summed E-state index contributed by atoms with van der Waals surface area (Å²) in [6.45, 7) is 2.14. The van der Waals surface area contributed by atoms with Gasteiger partial charge in [0, 0.05) is 13.1 Å². The van der Waals surface area contributed by atoms with Gasteiger partial charge in [-0.05, 0) is 10.3 Å². The van der Waals surface area contributed by atoms with Crippen LogP contribution in [-0.2, 0) is 14.4 Å². The molecule has 0 atom stereocenters. The Morgan fingerprint density at radius 2 is 2.20 bits per heavy atom. The highest BCUT2D eigenvalue weighted by Crippen LogP contribution is 2.13. The number of carbonyl (C=O) groups is 1. The van der Waals surface area contributed by atoms with E-state index in [9.17, 15) is 4.79 Å². The predicted octanol–water partition coefficient (Wildman–Crippen LogP) is -0.785. The van der Waals surface area contributed by atoms with Gasteiger partial charge in [0.2, 0.25) is 5.65 Å². The zero-order chi connectivity index (χ0) is 13.8. The van der Waals surface area contributed by atoms with Gasteiger partial charge in [-0.3, -0.25) is 9.63 Å². The molecular formula is C10H12N6O4. The van der Waals surface area contributed by atoms with Crippen molar-refractivity contribution in [2.75, 3.05) is 38.4 Å². The van der Waals surface area contributed by atoms with E-state index in [4.69, 9.17) is 9.57 Å². The molecule has 2 aromatic heterocycles. The summed E-state index contributed by atoms with van der Waals surface area (Å²) in [5.74, 6) is 0.176. The molecule has 0 bridgehead atoms. The number of amides is 1. The summed E-state index contributed by atoms with van der Waals surface area (Å²) in [7, 11) is 0. The molecule has 20 heavy (non-hydrogen) atoms. The van der Waals surface area contributed by atoms with Crippen molar-refractivity contribution in [3.63, 3.8) is 0 Å². The smallest absolute Gasteiger partial charge is 0.251 e. The third-order valence-corrected chi connectivity index (χ3v) is 2.79. The minimum absolute atomic E-state index is 0.114. The molecule has 106 valence electrons. The molecule has 3 rings (SSSR count). The van der Waals surface area contributed by atoms with Gasteiger partial charge in [0.25, 0.3) is 5.91 Å². The number of nitrogens with one attached hydrogen (secondary N) is 1. The Labute approximate surface area is 113 Å². The molecule has 1 saturated heterocycles. The molecule has 3 heterocycles. The Bertz CT molecular complexity index is 596. The van der Waals surface area contributed by atoms with Crippen molar-refractivity contribution in [2.24, 2.45) is 0 Å². The van der Waals surface area contributed by atoms with Crippen molar-refractivity contribution in [1.29, 1.82) is 0 Å². The quantitative estimate of drug-likeness (QED) is 0.719. The van der Waals surface area contributed by atoms with Gasteiger partial charge in [-0.1, -0.05) is 0 Å². The zero-order valence-electron chi connectivity index (χ0n) is 10.5. The number of fused-ring (bicyclic) bond motifs is 1. The normalized spacial score (nSPS) is 15.5. The Morgan fingerprint density at radius 3 is 3.05 bits per heavy atom. The molecule has 10 nitrogen and oxygen atoms in total. The van der Waals surface area contributed by atoms with Crippen molar-refractivity contribution < 1.29 is 19.0 Å². The maximum Gasteiger partial charge on any atom is 0.251 e. The fourth-order valence-electron chi connectivity index (χ4n) is 1.77. The number of aromatic nitrogens is 4. The fourth-order valence-corrected chi connectivity index (χ4v) is 1.77. The Balaban J connectivity index is 1.54. The summed E-state index contributed by atoms with van der Waals surface area (Å²) in [4.78, 5) is 26.4. The third-order valence-electron chi connectivity index (χ3n) is 2.79. The summed E-state index contributed by atoms with van der Waals surface area (Å²) in [6.07, 6.45) is 1.29. The summed E-state index contributed by atoms with van der Waals surface area (Å²) >= 11 is 0. The van der Waals surface area contributed by atoms with Crippen molar-refractivity contribution in [2.45, 2.75) is 0 Å². The van der Waals surface area contributed by atoms with E-state index in [-0.39, 0.29) is 12.5 Å². The first-order valence-corrected chi connectivity index (χ1v) is 6.01. The van der Waals surface area contributed by atoms with Gasteiger partial charge in [-0.2, -0.15) is 0 Å². The van der Waals surface area contributed by atoms with Crippen LogP contribution in [0.5, 0.6) is 0 Å². The third kappa shape index (κ3) is 2.65. The van der Waals surface area contributed by atoms with Crippen molar-refractivity contribution >= 4 is 22.9 Å². The van der Waals surface area contributed by atoms with E-state index in [1.807, 2.05) is 0 Å². The van der Waals surface area contributed by atoms with E-state index in [1.54, 1.807) is 4.90 Å². The number of hydrogen-bond acceptors (Lipinski definition) is 9. The van der Waals surface area contributed by atoms with Gasteiger partial charge < -0.3 is 9.64 Å². The monoisotopic (exact) mass is 280 g/mol. The van der Waals surface area contributed by atoms with Gasteiger partial charge in [0.15, 0.2) is 17.9 Å². The van der Waals surface area contributed by atoms with E-state index in [0.29, 0.717) is 43.3 Å². The van der Waals surface area contributed by atoms with Crippen molar-refractivity contribution in [3.05, 3.63) is 6.33 Å². The molecule has 1 fully saturated rings. The van der Waals surface area contributed by atoms with Gasteiger partial charge in [-0.25, -0.2) is 20.1 Å². The number of rotatable bonds is 4. The SMILES string of the molecule is O=C(CONc1ncnc2nonc12)N1CCOCC1. The van der Waals surface area contributed by atoms with Crippen LogP contribution in [-0.4, -0.2) is 64.0 Å². The summed E-state index contributed by atoms with van der Waals surface area (Å²) < 4.78 is 9.71. The highest BCUT2D eigenvalue weighted by molar-refractivity contribution is 5.80. The molecular weight excluding hydrogens is 268 g/mol. The van der Waals surface area contributed by atoms with Gasteiger partial charge in [-0.15, -0.1) is 0 Å². The van der Waals surface area contributed by atoms with Gasteiger partial charge in [0.1, 0.15) is 6.33 Å². The van der Waals surface area contributed by atoms with Crippen LogP contribution in [0.1, 0.15) is 0 Å². The fraction of sp³-hybridized carbons (Fsp3) is 0.500. The summed E-state index contributed by atoms with van der Waals surface area (Å²) in [6, 6.07) is 0. The largest absolute Gasteiger partial charge is 0.378 e. The average molecular weight is 280 g/mol. The first kappa shape index (κ1) is 12.7. The predicted molar refractivity (Wildman–Crippen MR) is 64.4 cm³/mol. The standard InChI is InChI=1S/C10H12N6O4/c17-7(16-1-3-18-4-2-16)5-19-14-9-8-10(12-6-11-9)15-20-13-8/h6H,1-5H2,(H,11,12,14,15). The number of anilines is 1. The lowest BCUT2D eigenvalue weighted by Crippen LogP contribution is -2.42. The van der Waals surface area contributed by atoms with E-state index >= 15 is 0 Å². The number of carbonyl (C=O) groups excluding carboxylic acids is 1. The van der Waals surface area contributed by atoms with E-state index in [2.05, 4.69) is 30.4 Å². The highest BCUT2D eigenvalue weighted by Gasteiger charge is 2.17. The second-order valence-electron chi connectivity index (χ2n) is 4.04. The van der Waals surface area contributed by atoms with Crippen LogP contribution in [0.4, 0.5) is 5.82 Å². The molecule has 2 aromatic rings. The molecule has 1 N–H and O–H groups in total. The molecule has 0 aliphatic carbocycles. The van der Waals surface area contributed by atoms with E-state index in [0.717, 1.165) is 0 Å². The van der Waals surface area contributed by atoms with Crippen LogP contribution in [0.3, 0.4) is 0 Å². The second-order valence-corrected chi connectivity index (χ2v) is 4.04. The molecule has 0 aromatic carbocycles. The number of ether oxygens (including phenoxy) is 1. The number of nitrogens with zero attached hydrogens (tertiary/aromatic N) is 5. The van der Waals surface area contributed by atoms with Crippen LogP contribution >= 0.6 is 0 Å². The molecule has 0 radical (unpaired) electrons.